The molecule has 0 aliphatic carbocycles. The van der Waals surface area contributed by atoms with Gasteiger partial charge in [0.05, 0.1) is 23.1 Å². The van der Waals surface area contributed by atoms with E-state index in [1.807, 2.05) is 38.4 Å². The Bertz CT molecular complexity index is 724. The summed E-state index contributed by atoms with van der Waals surface area (Å²) in [6, 6.07) is 8.22. The first-order valence-corrected chi connectivity index (χ1v) is 7.15. The molecule has 2 heterocycles. The van der Waals surface area contributed by atoms with Crippen molar-refractivity contribution in [1.82, 2.24) is 19.6 Å². The minimum atomic E-state index is 0.855. The number of benzene rings is 1. The molecule has 3 rings (SSSR count). The minimum Gasteiger partial charge on any atom is -0.361 e. The van der Waals surface area contributed by atoms with Crippen LogP contribution in [0.15, 0.2) is 35.1 Å². The lowest BCUT2D eigenvalue weighted by Gasteiger charge is -2.17. The molecule has 0 N–H and O–H groups in total. The Morgan fingerprint density at radius 1 is 1.24 bits per heavy atom. The number of fused-ring (bicyclic) bond motifs is 1. The summed E-state index contributed by atoms with van der Waals surface area (Å²) in [4.78, 5) is 6.70. The van der Waals surface area contributed by atoms with E-state index < -0.39 is 0 Å². The van der Waals surface area contributed by atoms with Crippen LogP contribution in [0.2, 0.25) is 0 Å². The molecule has 0 radical (unpaired) electrons. The van der Waals surface area contributed by atoms with Crippen molar-refractivity contribution in [2.24, 2.45) is 0 Å². The highest BCUT2D eigenvalue weighted by molar-refractivity contribution is 5.74. The molecule has 21 heavy (non-hydrogen) atoms. The Balaban J connectivity index is 1.65. The number of hydrogen-bond donors (Lipinski definition) is 0. The highest BCUT2D eigenvalue weighted by Crippen LogP contribution is 2.15. The van der Waals surface area contributed by atoms with Crippen LogP contribution in [-0.4, -0.2) is 33.2 Å². The summed E-state index contributed by atoms with van der Waals surface area (Å²) in [6.07, 6.45) is 1.91. The first-order valence-electron chi connectivity index (χ1n) is 7.15. The highest BCUT2D eigenvalue weighted by atomic mass is 16.5. The quantitative estimate of drug-likeness (QED) is 0.723. The van der Waals surface area contributed by atoms with Crippen LogP contribution >= 0.6 is 0 Å². The van der Waals surface area contributed by atoms with Gasteiger partial charge in [-0.3, -0.25) is 0 Å². The molecule has 0 saturated heterocycles. The maximum Gasteiger partial charge on any atom is 0.138 e. The third-order valence-corrected chi connectivity index (χ3v) is 3.86. The normalized spacial score (nSPS) is 11.6. The maximum absolute atomic E-state index is 5.21. The number of nitrogens with zero attached hydrogens (tertiary/aromatic N) is 4. The molecule has 2 aromatic heterocycles. The van der Waals surface area contributed by atoms with Gasteiger partial charge in [0.25, 0.3) is 0 Å². The average Bonchev–Trinajstić information content (AvgIpc) is 3.03. The van der Waals surface area contributed by atoms with Crippen LogP contribution in [0.25, 0.3) is 11.0 Å². The molecule has 0 aliphatic heterocycles. The van der Waals surface area contributed by atoms with Gasteiger partial charge in [-0.25, -0.2) is 4.98 Å². The van der Waals surface area contributed by atoms with E-state index in [1.165, 1.54) is 11.1 Å². The minimum absolute atomic E-state index is 0.855. The fraction of sp³-hybridized carbons (Fsp3) is 0.375. The van der Waals surface area contributed by atoms with E-state index >= 15 is 0 Å². The van der Waals surface area contributed by atoms with E-state index in [0.717, 1.165) is 36.6 Å². The van der Waals surface area contributed by atoms with E-state index in [0.29, 0.717) is 0 Å². The van der Waals surface area contributed by atoms with Gasteiger partial charge in [-0.1, -0.05) is 17.3 Å². The van der Waals surface area contributed by atoms with Crippen LogP contribution in [0.5, 0.6) is 0 Å². The summed E-state index contributed by atoms with van der Waals surface area (Å²) >= 11 is 0. The van der Waals surface area contributed by atoms with Crippen LogP contribution in [0.4, 0.5) is 0 Å². The lowest BCUT2D eigenvalue weighted by atomic mass is 10.2. The van der Waals surface area contributed by atoms with Crippen molar-refractivity contribution in [3.8, 4) is 0 Å². The second-order valence-corrected chi connectivity index (χ2v) is 5.47. The number of hydrogen-bond acceptors (Lipinski definition) is 4. The van der Waals surface area contributed by atoms with Crippen LogP contribution in [-0.2, 0) is 13.1 Å². The molecule has 0 aliphatic rings. The highest BCUT2D eigenvalue weighted by Gasteiger charge is 2.11. The molecule has 5 nitrogen and oxygen atoms in total. The van der Waals surface area contributed by atoms with Crippen molar-refractivity contribution in [2.45, 2.75) is 26.9 Å². The van der Waals surface area contributed by atoms with Gasteiger partial charge in [0.2, 0.25) is 0 Å². The predicted octanol–water partition coefficient (Wildman–Crippen LogP) is 2.77. The number of likely N-dealkylation sites (N-methyl/N-ethyl adjacent to an activating group) is 1. The van der Waals surface area contributed by atoms with E-state index in [4.69, 9.17) is 4.52 Å². The van der Waals surface area contributed by atoms with Crippen LogP contribution in [0.3, 0.4) is 0 Å². The molecule has 1 aromatic carbocycles. The van der Waals surface area contributed by atoms with Crippen molar-refractivity contribution in [2.75, 3.05) is 13.6 Å². The molecule has 0 saturated carbocycles. The number of aromatic nitrogens is 3. The summed E-state index contributed by atoms with van der Waals surface area (Å²) in [5.74, 6) is 0.910. The van der Waals surface area contributed by atoms with Crippen molar-refractivity contribution in [3.63, 3.8) is 0 Å². The number of aryl methyl sites for hydroxylation is 2. The number of para-hydroxylation sites is 2. The van der Waals surface area contributed by atoms with Gasteiger partial charge in [0.15, 0.2) is 0 Å². The Morgan fingerprint density at radius 2 is 2.05 bits per heavy atom. The fourth-order valence-corrected chi connectivity index (χ4v) is 2.54. The van der Waals surface area contributed by atoms with Crippen LogP contribution < -0.4 is 0 Å². The first kappa shape index (κ1) is 13.8. The topological polar surface area (TPSA) is 47.1 Å². The SMILES string of the molecule is Cc1noc(C)c1CN(C)CCn1cnc2ccccc21. The van der Waals surface area contributed by atoms with Gasteiger partial charge in [-0.05, 0) is 33.0 Å². The molecule has 0 unspecified atom stereocenters. The molecule has 0 atom stereocenters. The summed E-state index contributed by atoms with van der Waals surface area (Å²) in [5.41, 5.74) is 4.40. The summed E-state index contributed by atoms with van der Waals surface area (Å²) in [7, 11) is 2.12. The molecule has 0 bridgehead atoms. The van der Waals surface area contributed by atoms with Crippen LogP contribution in [0.1, 0.15) is 17.0 Å². The molecule has 0 spiro atoms. The second kappa shape index (κ2) is 5.69. The van der Waals surface area contributed by atoms with E-state index in [2.05, 4.69) is 32.7 Å². The van der Waals surface area contributed by atoms with Gasteiger partial charge >= 0.3 is 0 Å². The zero-order chi connectivity index (χ0) is 14.8. The first-order chi connectivity index (χ1) is 10.1. The molecule has 3 aromatic rings. The summed E-state index contributed by atoms with van der Waals surface area (Å²) < 4.78 is 7.41. The molecule has 5 heteroatoms. The number of rotatable bonds is 5. The molecular formula is C16H20N4O. The Morgan fingerprint density at radius 3 is 2.81 bits per heavy atom. The molecule has 110 valence electrons. The van der Waals surface area contributed by atoms with Gasteiger partial charge in [0, 0.05) is 25.2 Å². The predicted molar refractivity (Wildman–Crippen MR) is 82.0 cm³/mol. The summed E-state index contributed by atoms with van der Waals surface area (Å²) in [5, 5.41) is 4.00. The smallest absolute Gasteiger partial charge is 0.138 e. The van der Waals surface area contributed by atoms with Crippen molar-refractivity contribution in [3.05, 3.63) is 47.6 Å². The Hall–Kier alpha value is -2.14. The zero-order valence-corrected chi connectivity index (χ0v) is 12.7. The fourth-order valence-electron chi connectivity index (χ4n) is 2.54. The second-order valence-electron chi connectivity index (χ2n) is 5.47. The molecular weight excluding hydrogens is 264 g/mol. The van der Waals surface area contributed by atoms with Crippen molar-refractivity contribution in [1.29, 1.82) is 0 Å². The van der Waals surface area contributed by atoms with Gasteiger partial charge in [-0.15, -0.1) is 0 Å². The average molecular weight is 284 g/mol. The van der Waals surface area contributed by atoms with Gasteiger partial charge in [0.1, 0.15) is 5.76 Å². The lowest BCUT2D eigenvalue weighted by molar-refractivity contribution is 0.309. The van der Waals surface area contributed by atoms with E-state index in [-0.39, 0.29) is 0 Å². The van der Waals surface area contributed by atoms with Gasteiger partial charge in [-0.2, -0.15) is 0 Å². The third-order valence-electron chi connectivity index (χ3n) is 3.86. The van der Waals surface area contributed by atoms with Gasteiger partial charge < -0.3 is 14.0 Å². The van der Waals surface area contributed by atoms with Crippen molar-refractivity contribution >= 4 is 11.0 Å². The monoisotopic (exact) mass is 284 g/mol. The van der Waals surface area contributed by atoms with E-state index in [9.17, 15) is 0 Å². The third kappa shape index (κ3) is 2.83. The lowest BCUT2D eigenvalue weighted by Crippen LogP contribution is -2.23. The summed E-state index contributed by atoms with van der Waals surface area (Å²) in [6.45, 7) is 6.67. The van der Waals surface area contributed by atoms with Crippen LogP contribution in [0, 0.1) is 13.8 Å². The largest absolute Gasteiger partial charge is 0.361 e. The van der Waals surface area contributed by atoms with E-state index in [1.54, 1.807) is 0 Å². The Kier molecular flexibility index (Phi) is 3.75. The maximum atomic E-state index is 5.21. The molecule has 0 amide bonds. The Labute approximate surface area is 124 Å². The van der Waals surface area contributed by atoms with Crippen molar-refractivity contribution < 1.29 is 4.52 Å². The standard InChI is InChI=1S/C16H20N4O/c1-12-14(13(2)21-18-12)10-19(3)8-9-20-11-17-15-6-4-5-7-16(15)20/h4-7,11H,8-10H2,1-3H3. The zero-order valence-electron chi connectivity index (χ0n) is 12.7. The molecule has 0 fully saturated rings. The number of imidazole rings is 1.